The predicted octanol–water partition coefficient (Wildman–Crippen LogP) is 0.581. The van der Waals surface area contributed by atoms with Gasteiger partial charge in [0.25, 0.3) is 5.91 Å². The molecule has 1 aromatic carbocycles. The normalized spacial score (nSPS) is 21.4. The predicted molar refractivity (Wildman–Crippen MR) is 74.6 cm³/mol. The van der Waals surface area contributed by atoms with Gasteiger partial charge in [-0.15, -0.1) is 0 Å². The van der Waals surface area contributed by atoms with Crippen molar-refractivity contribution >= 4 is 11.9 Å². The number of esters is 1. The largest absolute Gasteiger partial charge is 0.467 e. The van der Waals surface area contributed by atoms with E-state index in [4.69, 9.17) is 4.74 Å². The molecule has 1 aliphatic heterocycles. The van der Waals surface area contributed by atoms with Gasteiger partial charge in [-0.2, -0.15) is 0 Å². The number of hydrogen-bond acceptors (Lipinski definition) is 5. The number of carbonyl (C=O) groups is 2. The fourth-order valence-electron chi connectivity index (χ4n) is 2.47. The Hall–Kier alpha value is -1.92. The average Bonchev–Trinajstić information content (AvgIpc) is 2.89. The second-order valence-electron chi connectivity index (χ2n) is 5.02. The van der Waals surface area contributed by atoms with Crippen LogP contribution in [-0.4, -0.2) is 54.8 Å². The van der Waals surface area contributed by atoms with Gasteiger partial charge in [0.15, 0.2) is 0 Å². The second kappa shape index (κ2) is 6.69. The number of β-amino-alcohol motifs (C(OH)–C–C–N with tert-alkyl or cyclic N) is 1. The molecule has 0 aliphatic carbocycles. The van der Waals surface area contributed by atoms with Crippen molar-refractivity contribution in [2.45, 2.75) is 25.2 Å². The van der Waals surface area contributed by atoms with E-state index < -0.39 is 18.1 Å². The van der Waals surface area contributed by atoms with Crippen LogP contribution < -0.4 is 0 Å². The maximum absolute atomic E-state index is 12.5. The minimum absolute atomic E-state index is 0.137. The second-order valence-corrected chi connectivity index (χ2v) is 5.02. The Morgan fingerprint density at radius 2 is 1.95 bits per heavy atom. The number of rotatable bonds is 4. The molecule has 2 rings (SSSR count). The highest BCUT2D eigenvalue weighted by atomic mass is 16.5. The molecule has 0 radical (unpaired) electrons. The molecule has 2 unspecified atom stereocenters. The number of likely N-dealkylation sites (tertiary alicyclic amines) is 1. The molecule has 0 saturated carbocycles. The van der Waals surface area contributed by atoms with Crippen molar-refractivity contribution in [1.82, 2.24) is 4.90 Å². The Bertz CT molecular complexity index is 513. The Morgan fingerprint density at radius 1 is 1.29 bits per heavy atom. The minimum Gasteiger partial charge on any atom is -0.467 e. The number of benzene rings is 1. The van der Waals surface area contributed by atoms with E-state index in [2.05, 4.69) is 4.74 Å². The van der Waals surface area contributed by atoms with Crippen molar-refractivity contribution in [2.24, 2.45) is 0 Å². The summed E-state index contributed by atoms with van der Waals surface area (Å²) in [7, 11) is 2.88. The van der Waals surface area contributed by atoms with E-state index in [1.807, 2.05) is 0 Å². The molecular formula is C15H19NO5. The third-order valence-electron chi connectivity index (χ3n) is 3.53. The molecule has 1 aromatic rings. The summed E-state index contributed by atoms with van der Waals surface area (Å²) in [6.45, 7) is 0.611. The van der Waals surface area contributed by atoms with Gasteiger partial charge in [0.1, 0.15) is 6.04 Å². The number of aliphatic hydroxyl groups excluding tert-OH is 1. The molecule has 0 bridgehead atoms. The Kier molecular flexibility index (Phi) is 4.93. The molecule has 2 atom stereocenters. The van der Waals surface area contributed by atoms with E-state index in [0.29, 0.717) is 12.2 Å². The van der Waals surface area contributed by atoms with Crippen LogP contribution in [0.15, 0.2) is 24.3 Å². The summed E-state index contributed by atoms with van der Waals surface area (Å²) in [5.74, 6) is -0.790. The minimum atomic E-state index is -0.726. The van der Waals surface area contributed by atoms with E-state index in [9.17, 15) is 14.7 Å². The summed E-state index contributed by atoms with van der Waals surface area (Å²) < 4.78 is 9.70. The number of amides is 1. The van der Waals surface area contributed by atoms with Crippen LogP contribution in [0.3, 0.4) is 0 Å². The van der Waals surface area contributed by atoms with Crippen molar-refractivity contribution in [3.8, 4) is 0 Å². The van der Waals surface area contributed by atoms with E-state index >= 15 is 0 Å². The van der Waals surface area contributed by atoms with Gasteiger partial charge < -0.3 is 19.5 Å². The Balaban J connectivity index is 2.15. The Morgan fingerprint density at radius 3 is 2.52 bits per heavy atom. The van der Waals surface area contributed by atoms with Gasteiger partial charge in [-0.05, 0) is 17.7 Å². The standard InChI is InChI=1S/C15H19NO5/c1-20-9-10-3-5-11(6-4-10)14(18)16-8-12(17)7-13(16)15(19)21-2/h3-6,12-13,17H,7-9H2,1-2H3. The zero-order valence-corrected chi connectivity index (χ0v) is 12.1. The zero-order valence-electron chi connectivity index (χ0n) is 12.1. The van der Waals surface area contributed by atoms with Crippen LogP contribution in [0.2, 0.25) is 0 Å². The van der Waals surface area contributed by atoms with E-state index in [1.54, 1.807) is 31.4 Å². The first-order valence-corrected chi connectivity index (χ1v) is 6.71. The molecular weight excluding hydrogens is 274 g/mol. The number of aliphatic hydroxyl groups is 1. The van der Waals surface area contributed by atoms with Crippen LogP contribution in [0.25, 0.3) is 0 Å². The molecule has 0 aromatic heterocycles. The number of carbonyl (C=O) groups excluding carboxylic acids is 2. The number of ether oxygens (including phenoxy) is 2. The van der Waals surface area contributed by atoms with Crippen LogP contribution in [0, 0.1) is 0 Å². The van der Waals surface area contributed by atoms with Crippen molar-refractivity contribution in [3.05, 3.63) is 35.4 Å². The van der Waals surface area contributed by atoms with Crippen LogP contribution in [0.1, 0.15) is 22.3 Å². The van der Waals surface area contributed by atoms with Crippen LogP contribution >= 0.6 is 0 Å². The van der Waals surface area contributed by atoms with Crippen molar-refractivity contribution in [3.63, 3.8) is 0 Å². The molecule has 21 heavy (non-hydrogen) atoms. The van der Waals surface area contributed by atoms with Crippen LogP contribution in [-0.2, 0) is 20.9 Å². The molecule has 1 fully saturated rings. The van der Waals surface area contributed by atoms with E-state index in [0.717, 1.165) is 5.56 Å². The van der Waals surface area contributed by atoms with Crippen molar-refractivity contribution in [1.29, 1.82) is 0 Å². The highest BCUT2D eigenvalue weighted by Crippen LogP contribution is 2.22. The fraction of sp³-hybridized carbons (Fsp3) is 0.467. The zero-order chi connectivity index (χ0) is 15.4. The van der Waals surface area contributed by atoms with Crippen LogP contribution in [0.5, 0.6) is 0 Å². The molecule has 1 aliphatic rings. The quantitative estimate of drug-likeness (QED) is 0.822. The topological polar surface area (TPSA) is 76.1 Å². The van der Waals surface area contributed by atoms with Gasteiger partial charge in [0.2, 0.25) is 0 Å². The van der Waals surface area contributed by atoms with Gasteiger partial charge in [0.05, 0.1) is 19.8 Å². The lowest BCUT2D eigenvalue weighted by molar-refractivity contribution is -0.145. The summed E-state index contributed by atoms with van der Waals surface area (Å²) in [5.41, 5.74) is 1.43. The highest BCUT2D eigenvalue weighted by molar-refractivity contribution is 5.97. The maximum Gasteiger partial charge on any atom is 0.328 e. The first kappa shape index (κ1) is 15.5. The van der Waals surface area contributed by atoms with E-state index in [-0.39, 0.29) is 18.9 Å². The van der Waals surface area contributed by atoms with Gasteiger partial charge in [-0.1, -0.05) is 12.1 Å². The molecule has 114 valence electrons. The first-order valence-electron chi connectivity index (χ1n) is 6.71. The molecule has 6 heteroatoms. The summed E-state index contributed by atoms with van der Waals surface area (Å²) in [4.78, 5) is 25.5. The highest BCUT2D eigenvalue weighted by Gasteiger charge is 2.39. The molecule has 0 spiro atoms. The fourth-order valence-corrected chi connectivity index (χ4v) is 2.47. The summed E-state index contributed by atoms with van der Waals surface area (Å²) in [6, 6.07) is 6.26. The first-order chi connectivity index (χ1) is 10.1. The molecule has 1 saturated heterocycles. The number of methoxy groups -OCH3 is 2. The maximum atomic E-state index is 12.5. The van der Waals surface area contributed by atoms with Gasteiger partial charge in [-0.3, -0.25) is 4.79 Å². The molecule has 1 N–H and O–H groups in total. The van der Waals surface area contributed by atoms with Crippen LogP contribution in [0.4, 0.5) is 0 Å². The van der Waals surface area contributed by atoms with Gasteiger partial charge in [0, 0.05) is 25.6 Å². The third-order valence-corrected chi connectivity index (χ3v) is 3.53. The van der Waals surface area contributed by atoms with Gasteiger partial charge >= 0.3 is 5.97 Å². The SMILES string of the molecule is COCc1ccc(C(=O)N2CC(O)CC2C(=O)OC)cc1. The third kappa shape index (κ3) is 3.40. The summed E-state index contributed by atoms with van der Waals surface area (Å²) in [5, 5.41) is 9.71. The van der Waals surface area contributed by atoms with Crippen molar-refractivity contribution in [2.75, 3.05) is 20.8 Å². The molecule has 1 heterocycles. The number of hydrogen-bond donors (Lipinski definition) is 1. The summed E-state index contributed by atoms with van der Waals surface area (Å²) >= 11 is 0. The lowest BCUT2D eigenvalue weighted by Crippen LogP contribution is -2.41. The molecule has 1 amide bonds. The van der Waals surface area contributed by atoms with Gasteiger partial charge in [-0.25, -0.2) is 4.79 Å². The summed E-state index contributed by atoms with van der Waals surface area (Å²) in [6.07, 6.45) is -0.494. The smallest absolute Gasteiger partial charge is 0.328 e. The molecule has 6 nitrogen and oxygen atoms in total. The van der Waals surface area contributed by atoms with Crippen molar-refractivity contribution < 1.29 is 24.2 Å². The average molecular weight is 293 g/mol. The monoisotopic (exact) mass is 293 g/mol. The number of nitrogens with zero attached hydrogens (tertiary/aromatic N) is 1. The Labute approximate surface area is 123 Å². The lowest BCUT2D eigenvalue weighted by Gasteiger charge is -2.22. The van der Waals surface area contributed by atoms with E-state index in [1.165, 1.54) is 12.0 Å². The lowest BCUT2D eigenvalue weighted by atomic mass is 10.1.